The molecular weight excluding hydrogens is 290 g/mol. The highest BCUT2D eigenvalue weighted by atomic mass is 16.1. The van der Waals surface area contributed by atoms with Gasteiger partial charge in [0.25, 0.3) is 5.91 Å². The van der Waals surface area contributed by atoms with Crippen LogP contribution in [0.4, 0.5) is 17.2 Å². The van der Waals surface area contributed by atoms with Gasteiger partial charge in [-0.1, -0.05) is 0 Å². The lowest BCUT2D eigenvalue weighted by molar-refractivity contribution is 0.102. The Morgan fingerprint density at radius 1 is 1.17 bits per heavy atom. The fourth-order valence-electron chi connectivity index (χ4n) is 2.23. The average Bonchev–Trinajstić information content (AvgIpc) is 3.31. The third-order valence-electron chi connectivity index (χ3n) is 3.64. The SMILES string of the molecule is Cc1nc(NC2CC2)cc(C(=O)Nc2ccc(N(C)C)cc2)n1. The molecule has 1 aliphatic rings. The number of anilines is 3. The lowest BCUT2D eigenvalue weighted by atomic mass is 10.2. The molecule has 23 heavy (non-hydrogen) atoms. The highest BCUT2D eigenvalue weighted by Gasteiger charge is 2.22. The summed E-state index contributed by atoms with van der Waals surface area (Å²) < 4.78 is 0. The molecule has 1 aromatic heterocycles. The van der Waals surface area contributed by atoms with Crippen LogP contribution in [0.5, 0.6) is 0 Å². The molecule has 0 spiro atoms. The van der Waals surface area contributed by atoms with E-state index in [2.05, 4.69) is 20.6 Å². The minimum absolute atomic E-state index is 0.230. The summed E-state index contributed by atoms with van der Waals surface area (Å²) in [4.78, 5) is 23.0. The molecule has 120 valence electrons. The molecule has 1 aromatic carbocycles. The van der Waals surface area contributed by atoms with Crippen molar-refractivity contribution in [2.45, 2.75) is 25.8 Å². The first kappa shape index (κ1) is 15.3. The summed E-state index contributed by atoms with van der Waals surface area (Å²) in [7, 11) is 3.96. The van der Waals surface area contributed by atoms with Crippen LogP contribution in [0.25, 0.3) is 0 Å². The second kappa shape index (κ2) is 6.24. The molecule has 1 amide bonds. The second-order valence-electron chi connectivity index (χ2n) is 6.00. The summed E-state index contributed by atoms with van der Waals surface area (Å²) in [5, 5.41) is 6.17. The number of nitrogens with one attached hydrogen (secondary N) is 2. The maximum Gasteiger partial charge on any atom is 0.274 e. The predicted molar refractivity (Wildman–Crippen MR) is 92.1 cm³/mol. The lowest BCUT2D eigenvalue weighted by Gasteiger charge is -2.13. The van der Waals surface area contributed by atoms with E-state index < -0.39 is 0 Å². The first-order valence-corrected chi connectivity index (χ1v) is 7.72. The molecular formula is C17H21N5O. The van der Waals surface area contributed by atoms with E-state index in [9.17, 15) is 4.79 Å². The van der Waals surface area contributed by atoms with Crippen molar-refractivity contribution in [3.05, 3.63) is 41.9 Å². The van der Waals surface area contributed by atoms with Crippen LogP contribution in [0.15, 0.2) is 30.3 Å². The maximum absolute atomic E-state index is 12.4. The lowest BCUT2D eigenvalue weighted by Crippen LogP contribution is -2.16. The summed E-state index contributed by atoms with van der Waals surface area (Å²) in [6.45, 7) is 1.79. The van der Waals surface area contributed by atoms with Gasteiger partial charge in [-0.15, -0.1) is 0 Å². The molecule has 0 bridgehead atoms. The number of rotatable bonds is 5. The molecule has 0 unspecified atom stereocenters. The van der Waals surface area contributed by atoms with Crippen LogP contribution in [-0.2, 0) is 0 Å². The van der Waals surface area contributed by atoms with E-state index in [1.54, 1.807) is 13.0 Å². The Morgan fingerprint density at radius 3 is 2.48 bits per heavy atom. The minimum Gasteiger partial charge on any atom is -0.378 e. The smallest absolute Gasteiger partial charge is 0.274 e. The van der Waals surface area contributed by atoms with Crippen molar-refractivity contribution in [3.63, 3.8) is 0 Å². The molecule has 6 nitrogen and oxygen atoms in total. The molecule has 0 aliphatic heterocycles. The highest BCUT2D eigenvalue weighted by Crippen LogP contribution is 2.24. The van der Waals surface area contributed by atoms with Gasteiger partial charge < -0.3 is 15.5 Å². The predicted octanol–water partition coefficient (Wildman–Crippen LogP) is 2.68. The van der Waals surface area contributed by atoms with Crippen molar-refractivity contribution in [2.75, 3.05) is 29.6 Å². The monoisotopic (exact) mass is 311 g/mol. The van der Waals surface area contributed by atoms with Crippen LogP contribution < -0.4 is 15.5 Å². The van der Waals surface area contributed by atoms with E-state index in [4.69, 9.17) is 0 Å². The van der Waals surface area contributed by atoms with Gasteiger partial charge in [-0.25, -0.2) is 9.97 Å². The maximum atomic E-state index is 12.4. The van der Waals surface area contributed by atoms with Gasteiger partial charge in [0.05, 0.1) is 0 Å². The topological polar surface area (TPSA) is 70.2 Å². The Bertz CT molecular complexity index is 707. The van der Waals surface area contributed by atoms with Gasteiger partial charge in [0.15, 0.2) is 0 Å². The third kappa shape index (κ3) is 3.97. The summed E-state index contributed by atoms with van der Waals surface area (Å²) in [6, 6.07) is 9.87. The Morgan fingerprint density at radius 2 is 1.87 bits per heavy atom. The first-order valence-electron chi connectivity index (χ1n) is 7.72. The molecule has 1 fully saturated rings. The van der Waals surface area contributed by atoms with Crippen LogP contribution in [0.2, 0.25) is 0 Å². The van der Waals surface area contributed by atoms with Crippen molar-refractivity contribution in [1.29, 1.82) is 0 Å². The summed E-state index contributed by atoms with van der Waals surface area (Å²) in [5.74, 6) is 1.07. The molecule has 3 rings (SSSR count). The van der Waals surface area contributed by atoms with Gasteiger partial charge in [-0.05, 0) is 44.0 Å². The number of aryl methyl sites for hydroxylation is 1. The van der Waals surface area contributed by atoms with E-state index in [-0.39, 0.29) is 5.91 Å². The second-order valence-corrected chi connectivity index (χ2v) is 6.00. The third-order valence-corrected chi connectivity index (χ3v) is 3.64. The van der Waals surface area contributed by atoms with Crippen LogP contribution in [-0.4, -0.2) is 36.0 Å². The number of hydrogen-bond acceptors (Lipinski definition) is 5. The van der Waals surface area contributed by atoms with E-state index in [0.29, 0.717) is 23.4 Å². The first-order chi connectivity index (χ1) is 11.0. The molecule has 0 radical (unpaired) electrons. The molecule has 2 N–H and O–H groups in total. The van der Waals surface area contributed by atoms with E-state index in [1.807, 2.05) is 43.3 Å². The zero-order valence-corrected chi connectivity index (χ0v) is 13.6. The molecule has 1 saturated carbocycles. The molecule has 0 saturated heterocycles. The number of benzene rings is 1. The van der Waals surface area contributed by atoms with Crippen molar-refractivity contribution in [2.24, 2.45) is 0 Å². The van der Waals surface area contributed by atoms with Crippen LogP contribution in [0.1, 0.15) is 29.2 Å². The number of amides is 1. The molecule has 1 aliphatic carbocycles. The van der Waals surface area contributed by atoms with Crippen molar-refractivity contribution in [3.8, 4) is 0 Å². The summed E-state index contributed by atoms with van der Waals surface area (Å²) in [5.41, 5.74) is 2.20. The quantitative estimate of drug-likeness (QED) is 0.888. The molecule has 6 heteroatoms. The number of hydrogen-bond donors (Lipinski definition) is 2. The largest absolute Gasteiger partial charge is 0.378 e. The van der Waals surface area contributed by atoms with Gasteiger partial charge in [0, 0.05) is 37.6 Å². The Labute approximate surface area is 135 Å². The van der Waals surface area contributed by atoms with E-state index in [0.717, 1.165) is 24.2 Å². The van der Waals surface area contributed by atoms with Gasteiger partial charge in [-0.2, -0.15) is 0 Å². The summed E-state index contributed by atoms with van der Waals surface area (Å²) >= 11 is 0. The van der Waals surface area contributed by atoms with Crippen molar-refractivity contribution in [1.82, 2.24) is 9.97 Å². The van der Waals surface area contributed by atoms with Crippen LogP contribution in [0, 0.1) is 6.92 Å². The number of carbonyl (C=O) groups excluding carboxylic acids is 1. The van der Waals surface area contributed by atoms with Gasteiger partial charge in [-0.3, -0.25) is 4.79 Å². The minimum atomic E-state index is -0.230. The molecule has 2 aromatic rings. The number of aromatic nitrogens is 2. The summed E-state index contributed by atoms with van der Waals surface area (Å²) in [6.07, 6.45) is 2.31. The van der Waals surface area contributed by atoms with Gasteiger partial charge in [0.2, 0.25) is 0 Å². The Hall–Kier alpha value is -2.63. The van der Waals surface area contributed by atoms with Crippen molar-refractivity contribution >= 4 is 23.1 Å². The fraction of sp³-hybridized carbons (Fsp3) is 0.353. The number of carbonyl (C=O) groups is 1. The van der Waals surface area contributed by atoms with E-state index in [1.165, 1.54) is 0 Å². The Balaban J connectivity index is 1.73. The fourth-order valence-corrected chi connectivity index (χ4v) is 2.23. The highest BCUT2D eigenvalue weighted by molar-refractivity contribution is 6.03. The Kier molecular flexibility index (Phi) is 4.14. The normalized spacial score (nSPS) is 13.5. The molecule has 1 heterocycles. The number of nitrogens with zero attached hydrogens (tertiary/aromatic N) is 3. The zero-order valence-electron chi connectivity index (χ0n) is 13.6. The van der Waals surface area contributed by atoms with E-state index >= 15 is 0 Å². The standard InChI is InChI=1S/C17H21N5O/c1-11-18-15(10-16(19-11)20-12-4-5-12)17(23)21-13-6-8-14(9-7-13)22(2)3/h6-10,12H,4-5H2,1-3H3,(H,21,23)(H,18,19,20). The molecule has 0 atom stereocenters. The van der Waals surface area contributed by atoms with Gasteiger partial charge >= 0.3 is 0 Å². The van der Waals surface area contributed by atoms with Crippen molar-refractivity contribution < 1.29 is 4.79 Å². The zero-order chi connectivity index (χ0) is 16.4. The van der Waals surface area contributed by atoms with Crippen LogP contribution >= 0.6 is 0 Å². The van der Waals surface area contributed by atoms with Gasteiger partial charge in [0.1, 0.15) is 17.3 Å². The van der Waals surface area contributed by atoms with Crippen LogP contribution in [0.3, 0.4) is 0 Å². The average molecular weight is 311 g/mol.